The minimum Gasteiger partial charge on any atom is -0.318 e. The molecule has 1 rings (SSSR count). The largest absolute Gasteiger partial charge is 0.318 e. The van der Waals surface area contributed by atoms with E-state index < -0.39 is 0 Å². The third kappa shape index (κ3) is 3.29. The van der Waals surface area contributed by atoms with Crippen LogP contribution in [0.1, 0.15) is 39.6 Å². The molecule has 0 radical (unpaired) electrons. The minimum atomic E-state index is 0.405. The highest BCUT2D eigenvalue weighted by molar-refractivity contribution is 9.13. The lowest BCUT2D eigenvalue weighted by Crippen LogP contribution is -2.24. The molecule has 1 aromatic rings. The Hall–Kier alpha value is 0.130. The van der Waals surface area contributed by atoms with E-state index in [2.05, 4.69) is 74.4 Å². The predicted molar refractivity (Wildman–Crippen MR) is 70.0 cm³/mol. The Labute approximate surface area is 108 Å². The topological polar surface area (TPSA) is 29.9 Å². The van der Waals surface area contributed by atoms with Gasteiger partial charge in [-0.15, -0.1) is 0 Å². The second-order valence-electron chi connectivity index (χ2n) is 4.11. The Balaban J connectivity index is 2.91. The first-order valence-electron chi connectivity index (χ1n) is 5.09. The molecule has 0 atom stereocenters. The molecule has 5 heteroatoms. The minimum absolute atomic E-state index is 0.405. The summed E-state index contributed by atoms with van der Waals surface area (Å²) < 4.78 is 4.06. The highest BCUT2D eigenvalue weighted by Gasteiger charge is 2.15. The van der Waals surface area contributed by atoms with E-state index in [0.717, 1.165) is 21.6 Å². The molecular weight excluding hydrogens is 322 g/mol. The lowest BCUT2D eigenvalue weighted by atomic mass is 10.3. The van der Waals surface area contributed by atoms with Gasteiger partial charge >= 0.3 is 0 Å². The highest BCUT2D eigenvalue weighted by atomic mass is 79.9. The summed E-state index contributed by atoms with van der Waals surface area (Å²) in [6.45, 7) is 9.36. The van der Waals surface area contributed by atoms with Crippen LogP contribution in [0.5, 0.6) is 0 Å². The average Bonchev–Trinajstić information content (AvgIpc) is 2.39. The van der Waals surface area contributed by atoms with E-state index in [9.17, 15) is 0 Å². The standard InChI is InChI=1S/C10H17Br2N3/c1-6(2)13-5-8-14-9(11)10(12)15(8)7(3)4/h6-7,13H,5H2,1-4H3. The Morgan fingerprint density at radius 3 is 2.33 bits per heavy atom. The van der Waals surface area contributed by atoms with Crippen LogP contribution < -0.4 is 5.32 Å². The predicted octanol–water partition coefficient (Wildman–Crippen LogP) is 3.49. The summed E-state index contributed by atoms with van der Waals surface area (Å²) in [6, 6.07) is 0.877. The normalized spacial score (nSPS) is 11.7. The van der Waals surface area contributed by atoms with Crippen molar-refractivity contribution in [1.82, 2.24) is 14.9 Å². The highest BCUT2D eigenvalue weighted by Crippen LogP contribution is 2.27. The number of nitrogens with one attached hydrogen (secondary N) is 1. The molecule has 1 N–H and O–H groups in total. The fourth-order valence-electron chi connectivity index (χ4n) is 1.37. The molecule has 0 aromatic carbocycles. The van der Waals surface area contributed by atoms with Gasteiger partial charge in [-0.25, -0.2) is 4.98 Å². The molecule has 0 aliphatic rings. The van der Waals surface area contributed by atoms with Crippen LogP contribution in [-0.2, 0) is 6.54 Å². The van der Waals surface area contributed by atoms with Crippen LogP contribution in [0.15, 0.2) is 9.21 Å². The van der Waals surface area contributed by atoms with E-state index in [4.69, 9.17) is 0 Å². The van der Waals surface area contributed by atoms with Crippen LogP contribution in [0.2, 0.25) is 0 Å². The number of imidazole rings is 1. The van der Waals surface area contributed by atoms with Crippen molar-refractivity contribution in [3.8, 4) is 0 Å². The summed E-state index contributed by atoms with van der Waals surface area (Å²) in [6.07, 6.45) is 0. The van der Waals surface area contributed by atoms with Gasteiger partial charge in [0.25, 0.3) is 0 Å². The zero-order valence-electron chi connectivity index (χ0n) is 9.51. The van der Waals surface area contributed by atoms with Crippen LogP contribution in [0.25, 0.3) is 0 Å². The van der Waals surface area contributed by atoms with Crippen molar-refractivity contribution < 1.29 is 0 Å². The smallest absolute Gasteiger partial charge is 0.139 e. The molecule has 15 heavy (non-hydrogen) atoms. The molecule has 1 aromatic heterocycles. The Morgan fingerprint density at radius 1 is 1.27 bits per heavy atom. The maximum absolute atomic E-state index is 4.47. The summed E-state index contributed by atoms with van der Waals surface area (Å²) >= 11 is 6.97. The van der Waals surface area contributed by atoms with Gasteiger partial charge in [0.2, 0.25) is 0 Å². The van der Waals surface area contributed by atoms with Gasteiger partial charge in [-0.05, 0) is 45.7 Å². The molecule has 0 amide bonds. The SMILES string of the molecule is CC(C)NCc1nc(Br)c(Br)n1C(C)C. The van der Waals surface area contributed by atoms with Crippen molar-refractivity contribution >= 4 is 31.9 Å². The summed E-state index contributed by atoms with van der Waals surface area (Å²) in [7, 11) is 0. The van der Waals surface area contributed by atoms with E-state index >= 15 is 0 Å². The number of nitrogens with zero attached hydrogens (tertiary/aromatic N) is 2. The van der Waals surface area contributed by atoms with E-state index in [-0.39, 0.29) is 0 Å². The molecule has 1 heterocycles. The molecule has 0 aliphatic heterocycles. The first-order valence-corrected chi connectivity index (χ1v) is 6.67. The number of hydrogen-bond donors (Lipinski definition) is 1. The maximum Gasteiger partial charge on any atom is 0.139 e. The number of rotatable bonds is 4. The average molecular weight is 339 g/mol. The summed E-state index contributed by atoms with van der Waals surface area (Å²) in [5.74, 6) is 1.05. The Kier molecular flexibility index (Phi) is 4.80. The fraction of sp³-hybridized carbons (Fsp3) is 0.700. The summed E-state index contributed by atoms with van der Waals surface area (Å²) in [5, 5.41) is 3.37. The first kappa shape index (κ1) is 13.2. The van der Waals surface area contributed by atoms with Gasteiger partial charge in [-0.2, -0.15) is 0 Å². The van der Waals surface area contributed by atoms with Crippen molar-refractivity contribution in [2.24, 2.45) is 0 Å². The fourth-order valence-corrected chi connectivity index (χ4v) is 2.47. The molecule has 0 saturated carbocycles. The second-order valence-corrected chi connectivity index (χ2v) is 5.61. The van der Waals surface area contributed by atoms with Gasteiger partial charge in [-0.1, -0.05) is 13.8 Å². The van der Waals surface area contributed by atoms with E-state index in [1.165, 1.54) is 0 Å². The summed E-state index contributed by atoms with van der Waals surface area (Å²) in [5.41, 5.74) is 0. The molecule has 0 unspecified atom stereocenters. The monoisotopic (exact) mass is 337 g/mol. The van der Waals surface area contributed by atoms with E-state index in [1.54, 1.807) is 0 Å². The van der Waals surface area contributed by atoms with Gasteiger partial charge in [0.1, 0.15) is 15.0 Å². The molecule has 0 fully saturated rings. The van der Waals surface area contributed by atoms with Gasteiger partial charge < -0.3 is 9.88 Å². The van der Waals surface area contributed by atoms with Crippen molar-refractivity contribution in [2.75, 3.05) is 0 Å². The van der Waals surface area contributed by atoms with Crippen molar-refractivity contribution in [2.45, 2.75) is 46.3 Å². The molecule has 3 nitrogen and oxygen atoms in total. The molecule has 0 saturated heterocycles. The molecule has 0 aliphatic carbocycles. The zero-order valence-corrected chi connectivity index (χ0v) is 12.7. The molecule has 86 valence electrons. The van der Waals surface area contributed by atoms with Gasteiger partial charge in [0.05, 0.1) is 6.54 Å². The van der Waals surface area contributed by atoms with Crippen molar-refractivity contribution in [3.05, 3.63) is 15.0 Å². The zero-order chi connectivity index (χ0) is 11.6. The number of aromatic nitrogens is 2. The summed E-state index contributed by atoms with van der Waals surface area (Å²) in [4.78, 5) is 4.47. The maximum atomic E-state index is 4.47. The van der Waals surface area contributed by atoms with E-state index in [0.29, 0.717) is 12.1 Å². The first-order chi connectivity index (χ1) is 6.93. The lowest BCUT2D eigenvalue weighted by Gasteiger charge is -2.14. The Morgan fingerprint density at radius 2 is 1.87 bits per heavy atom. The van der Waals surface area contributed by atoms with Crippen LogP contribution in [-0.4, -0.2) is 15.6 Å². The Bertz CT molecular complexity index is 332. The van der Waals surface area contributed by atoms with Crippen molar-refractivity contribution in [3.63, 3.8) is 0 Å². The van der Waals surface area contributed by atoms with Gasteiger partial charge in [-0.3, -0.25) is 0 Å². The van der Waals surface area contributed by atoms with Crippen LogP contribution in [0.4, 0.5) is 0 Å². The second kappa shape index (κ2) is 5.46. The number of halogens is 2. The van der Waals surface area contributed by atoms with Crippen LogP contribution >= 0.6 is 31.9 Å². The third-order valence-corrected chi connectivity index (χ3v) is 3.91. The molecular formula is C10H17Br2N3. The van der Waals surface area contributed by atoms with Crippen LogP contribution in [0.3, 0.4) is 0 Å². The third-order valence-electron chi connectivity index (χ3n) is 2.07. The van der Waals surface area contributed by atoms with Gasteiger partial charge in [0, 0.05) is 12.1 Å². The number of hydrogen-bond acceptors (Lipinski definition) is 2. The molecule has 0 bridgehead atoms. The van der Waals surface area contributed by atoms with Crippen molar-refractivity contribution in [1.29, 1.82) is 0 Å². The van der Waals surface area contributed by atoms with Gasteiger partial charge in [0.15, 0.2) is 0 Å². The quantitative estimate of drug-likeness (QED) is 0.910. The van der Waals surface area contributed by atoms with Crippen LogP contribution in [0, 0.1) is 0 Å². The lowest BCUT2D eigenvalue weighted by molar-refractivity contribution is 0.510. The van der Waals surface area contributed by atoms with E-state index in [1.807, 2.05) is 0 Å². The molecule has 0 spiro atoms.